The smallest absolute Gasteiger partial charge is 0.188 e. The number of ether oxygens (including phenoxy) is 2. The summed E-state index contributed by atoms with van der Waals surface area (Å²) in [5, 5.41) is 0. The van der Waals surface area contributed by atoms with Crippen molar-refractivity contribution in [3.05, 3.63) is 76.9 Å². The van der Waals surface area contributed by atoms with Gasteiger partial charge in [0.05, 0.1) is 13.7 Å². The van der Waals surface area contributed by atoms with Gasteiger partial charge in [0.15, 0.2) is 5.78 Å². The quantitative estimate of drug-likeness (QED) is 0.526. The van der Waals surface area contributed by atoms with Crippen LogP contribution in [-0.4, -0.2) is 19.5 Å². The van der Waals surface area contributed by atoms with E-state index in [2.05, 4.69) is 19.9 Å². The van der Waals surface area contributed by atoms with Gasteiger partial charge in [-0.1, -0.05) is 42.0 Å². The zero-order valence-electron chi connectivity index (χ0n) is 14.5. The van der Waals surface area contributed by atoms with Gasteiger partial charge in [0, 0.05) is 5.56 Å². The highest BCUT2D eigenvalue weighted by molar-refractivity contribution is 5.97. The van der Waals surface area contributed by atoms with E-state index in [-0.39, 0.29) is 12.4 Å². The van der Waals surface area contributed by atoms with Crippen molar-refractivity contribution in [3.8, 4) is 5.75 Å². The molecule has 0 bridgehead atoms. The van der Waals surface area contributed by atoms with Gasteiger partial charge in [0.25, 0.3) is 0 Å². The fourth-order valence-electron chi connectivity index (χ4n) is 2.34. The van der Waals surface area contributed by atoms with Crippen molar-refractivity contribution < 1.29 is 14.3 Å². The molecular formula is C21H24O3. The van der Waals surface area contributed by atoms with Crippen molar-refractivity contribution in [1.29, 1.82) is 0 Å². The summed E-state index contributed by atoms with van der Waals surface area (Å²) in [6, 6.07) is 15.4. The molecule has 24 heavy (non-hydrogen) atoms. The molecule has 0 spiro atoms. The van der Waals surface area contributed by atoms with Gasteiger partial charge in [-0.15, -0.1) is 0 Å². The van der Waals surface area contributed by atoms with E-state index < -0.39 is 0 Å². The number of carbonyl (C=O) groups excluding carboxylic acids is 1. The number of hydrogen-bond acceptors (Lipinski definition) is 3. The Morgan fingerprint density at radius 3 is 2.50 bits per heavy atom. The Morgan fingerprint density at radius 2 is 1.83 bits per heavy atom. The van der Waals surface area contributed by atoms with Crippen LogP contribution in [0.1, 0.15) is 35.3 Å². The van der Waals surface area contributed by atoms with Crippen molar-refractivity contribution in [2.45, 2.75) is 26.9 Å². The van der Waals surface area contributed by atoms with Crippen molar-refractivity contribution >= 4 is 5.78 Å². The van der Waals surface area contributed by atoms with Gasteiger partial charge in [-0.05, 0) is 49.6 Å². The summed E-state index contributed by atoms with van der Waals surface area (Å²) in [7, 11) is 1.64. The zero-order valence-corrected chi connectivity index (χ0v) is 14.5. The Morgan fingerprint density at radius 1 is 1.08 bits per heavy atom. The molecule has 0 aliphatic carbocycles. The van der Waals surface area contributed by atoms with Crippen LogP contribution in [0.25, 0.3) is 0 Å². The van der Waals surface area contributed by atoms with Gasteiger partial charge in [-0.3, -0.25) is 4.79 Å². The molecule has 0 aliphatic heterocycles. The minimum Gasteiger partial charge on any atom is -0.496 e. The Balaban J connectivity index is 2.00. The van der Waals surface area contributed by atoms with Crippen LogP contribution in [0, 0.1) is 0 Å². The van der Waals surface area contributed by atoms with Gasteiger partial charge in [-0.25, -0.2) is 0 Å². The van der Waals surface area contributed by atoms with Crippen LogP contribution in [0.5, 0.6) is 5.75 Å². The lowest BCUT2D eigenvalue weighted by atomic mass is 10.0. The number of hydrogen-bond donors (Lipinski definition) is 0. The van der Waals surface area contributed by atoms with Crippen LogP contribution >= 0.6 is 0 Å². The Hall–Kier alpha value is -2.39. The number of rotatable bonds is 8. The van der Waals surface area contributed by atoms with E-state index in [0.29, 0.717) is 12.2 Å². The first kappa shape index (κ1) is 18.0. The van der Waals surface area contributed by atoms with Gasteiger partial charge in [0.1, 0.15) is 12.4 Å². The molecular weight excluding hydrogens is 300 g/mol. The summed E-state index contributed by atoms with van der Waals surface area (Å²) < 4.78 is 10.9. The Labute approximate surface area is 143 Å². The SMILES string of the molecule is COc1ccc(C(=O)COCc2ccccc2)cc1CC=C(C)C. The summed E-state index contributed by atoms with van der Waals surface area (Å²) in [6.45, 7) is 4.62. The third kappa shape index (κ3) is 5.36. The Kier molecular flexibility index (Phi) is 6.76. The second-order valence-corrected chi connectivity index (χ2v) is 5.91. The lowest BCUT2D eigenvalue weighted by molar-refractivity contribution is 0.0726. The molecule has 0 unspecified atom stereocenters. The first-order chi connectivity index (χ1) is 11.6. The largest absolute Gasteiger partial charge is 0.496 e. The summed E-state index contributed by atoms with van der Waals surface area (Å²) in [6.07, 6.45) is 2.87. The fraction of sp³-hybridized carbons (Fsp3) is 0.286. The van der Waals surface area contributed by atoms with Crippen LogP contribution in [0.2, 0.25) is 0 Å². The lowest BCUT2D eigenvalue weighted by Crippen LogP contribution is -2.10. The fourth-order valence-corrected chi connectivity index (χ4v) is 2.34. The highest BCUT2D eigenvalue weighted by Gasteiger charge is 2.10. The molecule has 3 heteroatoms. The van der Waals surface area contributed by atoms with Crippen LogP contribution < -0.4 is 4.74 Å². The Bertz CT molecular complexity index is 698. The second-order valence-electron chi connectivity index (χ2n) is 5.91. The molecule has 2 aromatic rings. The van der Waals surface area contributed by atoms with E-state index >= 15 is 0 Å². The van der Waals surface area contributed by atoms with E-state index in [1.54, 1.807) is 13.2 Å². The summed E-state index contributed by atoms with van der Waals surface area (Å²) in [4.78, 5) is 12.3. The van der Waals surface area contributed by atoms with Crippen molar-refractivity contribution in [2.75, 3.05) is 13.7 Å². The normalized spacial score (nSPS) is 10.3. The topological polar surface area (TPSA) is 35.5 Å². The average Bonchev–Trinajstić information content (AvgIpc) is 2.60. The second kappa shape index (κ2) is 9.04. The van der Waals surface area contributed by atoms with Crippen LogP contribution in [-0.2, 0) is 17.8 Å². The van der Waals surface area contributed by atoms with Gasteiger partial charge in [0.2, 0.25) is 0 Å². The molecule has 0 aliphatic rings. The van der Waals surface area contributed by atoms with Crippen molar-refractivity contribution in [3.63, 3.8) is 0 Å². The van der Waals surface area contributed by atoms with E-state index in [0.717, 1.165) is 23.3 Å². The van der Waals surface area contributed by atoms with Gasteiger partial charge < -0.3 is 9.47 Å². The molecule has 2 rings (SSSR count). The molecule has 0 heterocycles. The number of carbonyl (C=O) groups is 1. The van der Waals surface area contributed by atoms with Gasteiger partial charge in [-0.2, -0.15) is 0 Å². The summed E-state index contributed by atoms with van der Waals surface area (Å²) in [5.74, 6) is 0.779. The number of benzene rings is 2. The number of allylic oxidation sites excluding steroid dienone is 2. The van der Waals surface area contributed by atoms with E-state index in [4.69, 9.17) is 9.47 Å². The maximum atomic E-state index is 12.3. The molecule has 0 fully saturated rings. The predicted molar refractivity (Wildman–Crippen MR) is 96.6 cm³/mol. The lowest BCUT2D eigenvalue weighted by Gasteiger charge is -2.10. The van der Waals surface area contributed by atoms with Crippen LogP contribution in [0.15, 0.2) is 60.2 Å². The maximum Gasteiger partial charge on any atom is 0.188 e. The first-order valence-corrected chi connectivity index (χ1v) is 8.05. The number of ketones is 1. The minimum absolute atomic E-state index is 0.0213. The van der Waals surface area contributed by atoms with Crippen LogP contribution in [0.3, 0.4) is 0 Å². The van der Waals surface area contributed by atoms with E-state index in [1.165, 1.54) is 5.57 Å². The van der Waals surface area contributed by atoms with Crippen LogP contribution in [0.4, 0.5) is 0 Å². The third-order valence-corrected chi connectivity index (χ3v) is 3.68. The average molecular weight is 324 g/mol. The molecule has 0 N–H and O–H groups in total. The minimum atomic E-state index is -0.0213. The molecule has 126 valence electrons. The first-order valence-electron chi connectivity index (χ1n) is 8.05. The molecule has 0 saturated heterocycles. The molecule has 2 aromatic carbocycles. The molecule has 0 amide bonds. The third-order valence-electron chi connectivity index (χ3n) is 3.68. The number of methoxy groups -OCH3 is 1. The molecule has 0 saturated carbocycles. The maximum absolute atomic E-state index is 12.3. The predicted octanol–water partition coefficient (Wildman–Crippen LogP) is 4.60. The number of Topliss-reactive ketones (excluding diaryl/α,β-unsaturated/α-hetero) is 1. The monoisotopic (exact) mass is 324 g/mol. The van der Waals surface area contributed by atoms with Crippen molar-refractivity contribution in [2.24, 2.45) is 0 Å². The molecule has 3 nitrogen and oxygen atoms in total. The summed E-state index contributed by atoms with van der Waals surface area (Å²) >= 11 is 0. The van der Waals surface area contributed by atoms with Crippen molar-refractivity contribution in [1.82, 2.24) is 0 Å². The highest BCUT2D eigenvalue weighted by atomic mass is 16.5. The highest BCUT2D eigenvalue weighted by Crippen LogP contribution is 2.21. The van der Waals surface area contributed by atoms with E-state index in [9.17, 15) is 4.79 Å². The van der Waals surface area contributed by atoms with E-state index in [1.807, 2.05) is 42.5 Å². The molecule has 0 radical (unpaired) electrons. The summed E-state index contributed by atoms with van der Waals surface area (Å²) in [5.41, 5.74) is 3.96. The molecule has 0 aromatic heterocycles. The standard InChI is InChI=1S/C21H24O3/c1-16(2)9-10-19-13-18(11-12-21(19)23-3)20(22)15-24-14-17-7-5-4-6-8-17/h4-9,11-13H,10,14-15H2,1-3H3. The zero-order chi connectivity index (χ0) is 17.4. The van der Waals surface area contributed by atoms with Gasteiger partial charge >= 0.3 is 0 Å². The molecule has 0 atom stereocenters.